The van der Waals surface area contributed by atoms with E-state index in [-0.39, 0.29) is 5.56 Å². The third-order valence-corrected chi connectivity index (χ3v) is 3.48. The Kier molecular flexibility index (Phi) is 2.49. The molecule has 17 heavy (non-hydrogen) atoms. The summed E-state index contributed by atoms with van der Waals surface area (Å²) in [7, 11) is 0. The van der Waals surface area contributed by atoms with Gasteiger partial charge in [0.2, 0.25) is 0 Å². The Morgan fingerprint density at radius 1 is 1.29 bits per heavy atom. The second-order valence-corrected chi connectivity index (χ2v) is 5.06. The first kappa shape index (κ1) is 10.5. The van der Waals surface area contributed by atoms with Gasteiger partial charge in [0.05, 0.1) is 23.6 Å². The van der Waals surface area contributed by atoms with Crippen molar-refractivity contribution in [2.24, 2.45) is 0 Å². The number of thiazole rings is 1. The highest BCUT2D eigenvalue weighted by molar-refractivity contribution is 9.10. The second kappa shape index (κ2) is 4.01. The molecule has 0 saturated heterocycles. The molecule has 0 aliphatic heterocycles. The highest BCUT2D eigenvalue weighted by Crippen LogP contribution is 2.14. The van der Waals surface area contributed by atoms with Gasteiger partial charge in [-0.1, -0.05) is 0 Å². The molecule has 0 fully saturated rings. The Morgan fingerprint density at radius 2 is 2.18 bits per heavy atom. The first-order chi connectivity index (χ1) is 8.25. The number of rotatable bonds is 1. The molecule has 0 spiro atoms. The normalized spacial score (nSPS) is 10.9. The summed E-state index contributed by atoms with van der Waals surface area (Å²) in [4.78, 5) is 20.2. The maximum Gasteiger partial charge on any atom is 0.291 e. The molecule has 0 aliphatic rings. The molecular weight excluding hydrogens is 304 g/mol. The third-order valence-electron chi connectivity index (χ3n) is 2.21. The fourth-order valence-electron chi connectivity index (χ4n) is 1.47. The van der Waals surface area contributed by atoms with E-state index in [1.165, 1.54) is 16.0 Å². The largest absolute Gasteiger partial charge is 0.291 e. The van der Waals surface area contributed by atoms with Crippen LogP contribution in [-0.2, 0) is 0 Å². The lowest BCUT2D eigenvalue weighted by molar-refractivity contribution is 0.816. The van der Waals surface area contributed by atoms with Crippen LogP contribution in [0.4, 0.5) is 0 Å². The topological polar surface area (TPSA) is 60.7 Å². The average Bonchev–Trinajstić information content (AvgIpc) is 2.78. The van der Waals surface area contributed by atoms with Crippen LogP contribution in [-0.4, -0.2) is 19.7 Å². The molecule has 0 saturated carbocycles. The molecule has 3 heterocycles. The number of fused-ring (bicyclic) bond motifs is 1. The number of hydrogen-bond donors (Lipinski definition) is 0. The van der Waals surface area contributed by atoms with Crippen LogP contribution in [0, 0.1) is 0 Å². The van der Waals surface area contributed by atoms with Gasteiger partial charge in [0.15, 0.2) is 0 Å². The highest BCUT2D eigenvalue weighted by Gasteiger charge is 2.08. The van der Waals surface area contributed by atoms with Gasteiger partial charge in [0.1, 0.15) is 10.2 Å². The predicted octanol–water partition coefficient (Wildman–Crippen LogP) is 2.00. The van der Waals surface area contributed by atoms with Crippen molar-refractivity contribution in [3.05, 3.63) is 45.0 Å². The Morgan fingerprint density at radius 3 is 3.00 bits per heavy atom. The summed E-state index contributed by atoms with van der Waals surface area (Å²) in [5.74, 6) is 0. The van der Waals surface area contributed by atoms with E-state index >= 15 is 0 Å². The quantitative estimate of drug-likeness (QED) is 0.690. The number of nitrogens with zero attached hydrogens (tertiary/aromatic N) is 4. The van der Waals surface area contributed by atoms with Crippen LogP contribution in [0.1, 0.15) is 0 Å². The minimum absolute atomic E-state index is 0.176. The maximum absolute atomic E-state index is 12.1. The van der Waals surface area contributed by atoms with Gasteiger partial charge in [-0.3, -0.25) is 9.78 Å². The molecule has 0 radical (unpaired) electrons. The van der Waals surface area contributed by atoms with Crippen molar-refractivity contribution >= 4 is 37.5 Å². The van der Waals surface area contributed by atoms with Crippen molar-refractivity contribution in [1.82, 2.24) is 19.7 Å². The second-order valence-electron chi connectivity index (χ2n) is 3.29. The average molecular weight is 309 g/mol. The monoisotopic (exact) mass is 308 g/mol. The van der Waals surface area contributed by atoms with Gasteiger partial charge in [-0.25, -0.2) is 4.98 Å². The van der Waals surface area contributed by atoms with Gasteiger partial charge < -0.3 is 0 Å². The maximum atomic E-state index is 12.1. The first-order valence-electron chi connectivity index (χ1n) is 4.68. The summed E-state index contributed by atoms with van der Waals surface area (Å²) < 4.78 is 2.71. The molecule has 0 aliphatic carbocycles. The summed E-state index contributed by atoms with van der Waals surface area (Å²) in [5.41, 5.74) is 2.71. The summed E-state index contributed by atoms with van der Waals surface area (Å²) in [5, 5.41) is 4.08. The Bertz CT molecular complexity index is 751. The van der Waals surface area contributed by atoms with Crippen molar-refractivity contribution in [2.45, 2.75) is 0 Å². The van der Waals surface area contributed by atoms with Crippen LogP contribution in [0.25, 0.3) is 15.9 Å². The molecule has 0 unspecified atom stereocenters. The third kappa shape index (κ3) is 1.77. The zero-order chi connectivity index (χ0) is 11.8. The fourth-order valence-corrected chi connectivity index (χ4v) is 2.51. The van der Waals surface area contributed by atoms with E-state index in [2.05, 4.69) is 31.0 Å². The molecule has 7 heteroatoms. The van der Waals surface area contributed by atoms with E-state index in [0.717, 1.165) is 4.47 Å². The molecular formula is C10H5BrN4OS. The zero-order valence-corrected chi connectivity index (χ0v) is 10.8. The number of pyridine rings is 1. The van der Waals surface area contributed by atoms with E-state index in [1.807, 2.05) is 0 Å². The summed E-state index contributed by atoms with van der Waals surface area (Å²) >= 11 is 4.62. The number of halogens is 1. The van der Waals surface area contributed by atoms with Gasteiger partial charge >= 0.3 is 0 Å². The van der Waals surface area contributed by atoms with Crippen LogP contribution in [0.15, 0.2) is 39.4 Å². The summed E-state index contributed by atoms with van der Waals surface area (Å²) in [6.07, 6.45) is 4.82. The van der Waals surface area contributed by atoms with Gasteiger partial charge in [-0.05, 0) is 22.0 Å². The van der Waals surface area contributed by atoms with Crippen molar-refractivity contribution in [2.75, 3.05) is 0 Å². The van der Waals surface area contributed by atoms with Crippen molar-refractivity contribution < 1.29 is 0 Å². The molecule has 3 rings (SSSR count). The minimum atomic E-state index is -0.176. The number of hydrogen-bond acceptors (Lipinski definition) is 5. The van der Waals surface area contributed by atoms with Gasteiger partial charge in [0.25, 0.3) is 5.56 Å². The van der Waals surface area contributed by atoms with Crippen molar-refractivity contribution in [1.29, 1.82) is 0 Å². The lowest BCUT2D eigenvalue weighted by Gasteiger charge is -2.03. The van der Waals surface area contributed by atoms with Crippen LogP contribution in [0.2, 0.25) is 0 Å². The fraction of sp³-hybridized carbons (Fsp3) is 0. The van der Waals surface area contributed by atoms with Gasteiger partial charge in [-0.15, -0.1) is 11.3 Å². The molecule has 84 valence electrons. The molecule has 0 aromatic carbocycles. The standard InChI is InChI=1S/C10H5BrN4OS/c11-6-1-7(3-12-2-6)15-10(16)9-8(4-14-15)13-5-17-9/h1-5H. The van der Waals surface area contributed by atoms with Crippen LogP contribution >= 0.6 is 27.3 Å². The van der Waals surface area contributed by atoms with Crippen LogP contribution in [0.5, 0.6) is 0 Å². The molecule has 3 aromatic heterocycles. The zero-order valence-electron chi connectivity index (χ0n) is 8.37. The molecule has 0 bridgehead atoms. The lowest BCUT2D eigenvalue weighted by Crippen LogP contribution is -2.20. The summed E-state index contributed by atoms with van der Waals surface area (Å²) in [6.45, 7) is 0. The first-order valence-corrected chi connectivity index (χ1v) is 6.35. The van der Waals surface area contributed by atoms with Crippen molar-refractivity contribution in [3.8, 4) is 5.69 Å². The molecule has 0 amide bonds. The van der Waals surface area contributed by atoms with E-state index in [4.69, 9.17) is 0 Å². The molecule has 5 nitrogen and oxygen atoms in total. The Hall–Kier alpha value is -1.60. The Balaban J connectivity index is 2.31. The van der Waals surface area contributed by atoms with Crippen LogP contribution in [0.3, 0.4) is 0 Å². The Labute approximate surface area is 108 Å². The predicted molar refractivity (Wildman–Crippen MR) is 68.5 cm³/mol. The molecule has 0 N–H and O–H groups in total. The van der Waals surface area contributed by atoms with E-state index < -0.39 is 0 Å². The van der Waals surface area contributed by atoms with Crippen LogP contribution < -0.4 is 5.56 Å². The SMILES string of the molecule is O=c1c2scnc2cnn1-c1cncc(Br)c1. The van der Waals surface area contributed by atoms with E-state index in [1.54, 1.807) is 30.2 Å². The summed E-state index contributed by atoms with van der Waals surface area (Å²) in [6, 6.07) is 1.79. The van der Waals surface area contributed by atoms with E-state index in [9.17, 15) is 4.79 Å². The van der Waals surface area contributed by atoms with Gasteiger partial charge in [0, 0.05) is 10.7 Å². The van der Waals surface area contributed by atoms with Crippen molar-refractivity contribution in [3.63, 3.8) is 0 Å². The smallest absolute Gasteiger partial charge is 0.266 e. The minimum Gasteiger partial charge on any atom is -0.266 e. The van der Waals surface area contributed by atoms with E-state index in [0.29, 0.717) is 15.9 Å². The van der Waals surface area contributed by atoms with Gasteiger partial charge in [-0.2, -0.15) is 9.78 Å². The lowest BCUT2D eigenvalue weighted by atomic mass is 10.4. The molecule has 3 aromatic rings. The molecule has 0 atom stereocenters. The number of aromatic nitrogens is 4. The highest BCUT2D eigenvalue weighted by atomic mass is 79.9.